The number of nitrogens with zero attached hydrogens (tertiary/aromatic N) is 3. The quantitative estimate of drug-likeness (QED) is 0.580. The standard InChI is InChI=1S/C21H21ClN4OS/c1-26-20(16-9-11-17(22)12-10-16)24-25-21(26)28-13-18(27)23-19(15-7-8-15)14-5-3-2-4-6-14/h2-6,9-12,15,19H,7-8,13H2,1H3,(H,23,27). The Morgan fingerprint density at radius 3 is 2.57 bits per heavy atom. The highest BCUT2D eigenvalue weighted by Crippen LogP contribution is 2.41. The molecule has 1 amide bonds. The molecule has 7 heteroatoms. The van der Waals surface area contributed by atoms with E-state index in [9.17, 15) is 4.79 Å². The summed E-state index contributed by atoms with van der Waals surface area (Å²) >= 11 is 7.34. The third-order valence-corrected chi connectivity index (χ3v) is 6.11. The van der Waals surface area contributed by atoms with E-state index in [4.69, 9.17) is 11.6 Å². The maximum Gasteiger partial charge on any atom is 0.230 e. The monoisotopic (exact) mass is 412 g/mol. The number of benzene rings is 2. The molecule has 0 saturated heterocycles. The molecule has 1 unspecified atom stereocenters. The summed E-state index contributed by atoms with van der Waals surface area (Å²) in [5, 5.41) is 13.1. The van der Waals surface area contributed by atoms with Crippen molar-refractivity contribution >= 4 is 29.3 Å². The topological polar surface area (TPSA) is 59.8 Å². The Morgan fingerprint density at radius 1 is 1.18 bits per heavy atom. The van der Waals surface area contributed by atoms with Gasteiger partial charge in [-0.15, -0.1) is 10.2 Å². The van der Waals surface area contributed by atoms with Crippen LogP contribution in [-0.4, -0.2) is 26.4 Å². The van der Waals surface area contributed by atoms with E-state index in [2.05, 4.69) is 27.6 Å². The second-order valence-electron chi connectivity index (χ2n) is 6.95. The molecule has 1 aliphatic rings. The lowest BCUT2D eigenvalue weighted by Gasteiger charge is -2.18. The van der Waals surface area contributed by atoms with Crippen molar-refractivity contribution in [3.8, 4) is 11.4 Å². The Kier molecular flexibility index (Phi) is 5.69. The van der Waals surface area contributed by atoms with Crippen LogP contribution in [0.15, 0.2) is 59.8 Å². The Morgan fingerprint density at radius 2 is 1.89 bits per heavy atom. The highest BCUT2D eigenvalue weighted by atomic mass is 35.5. The van der Waals surface area contributed by atoms with Crippen molar-refractivity contribution in [1.82, 2.24) is 20.1 Å². The van der Waals surface area contributed by atoms with E-state index in [1.165, 1.54) is 30.2 Å². The Bertz CT molecular complexity index is 954. The van der Waals surface area contributed by atoms with Crippen molar-refractivity contribution < 1.29 is 4.79 Å². The lowest BCUT2D eigenvalue weighted by atomic mass is 10.0. The minimum Gasteiger partial charge on any atom is -0.348 e. The summed E-state index contributed by atoms with van der Waals surface area (Å²) in [4.78, 5) is 12.6. The number of nitrogens with one attached hydrogen (secondary N) is 1. The lowest BCUT2D eigenvalue weighted by Crippen LogP contribution is -2.31. The van der Waals surface area contributed by atoms with Crippen molar-refractivity contribution in [2.45, 2.75) is 24.0 Å². The van der Waals surface area contributed by atoms with Gasteiger partial charge in [0.2, 0.25) is 5.91 Å². The number of halogens is 1. The van der Waals surface area contributed by atoms with E-state index in [0.717, 1.165) is 11.4 Å². The Hall–Kier alpha value is -2.31. The van der Waals surface area contributed by atoms with Crippen LogP contribution in [0.25, 0.3) is 11.4 Å². The van der Waals surface area contributed by atoms with Crippen LogP contribution in [0.2, 0.25) is 5.02 Å². The molecule has 1 heterocycles. The molecule has 1 aromatic heterocycles. The van der Waals surface area contributed by atoms with Crippen molar-refractivity contribution in [3.63, 3.8) is 0 Å². The molecule has 144 valence electrons. The van der Waals surface area contributed by atoms with Gasteiger partial charge < -0.3 is 9.88 Å². The fraction of sp³-hybridized carbons (Fsp3) is 0.286. The minimum absolute atomic E-state index is 0.0156. The van der Waals surface area contributed by atoms with Gasteiger partial charge in [-0.25, -0.2) is 0 Å². The van der Waals surface area contributed by atoms with Crippen LogP contribution in [0.4, 0.5) is 0 Å². The highest BCUT2D eigenvalue weighted by Gasteiger charge is 2.33. The SMILES string of the molecule is Cn1c(SCC(=O)NC(c2ccccc2)C2CC2)nnc1-c1ccc(Cl)cc1. The van der Waals surface area contributed by atoms with Crippen molar-refractivity contribution in [2.24, 2.45) is 13.0 Å². The van der Waals surface area contributed by atoms with Crippen molar-refractivity contribution in [3.05, 3.63) is 65.2 Å². The van der Waals surface area contributed by atoms with Gasteiger partial charge in [0.25, 0.3) is 0 Å². The number of aromatic nitrogens is 3. The van der Waals surface area contributed by atoms with Gasteiger partial charge in [0.05, 0.1) is 11.8 Å². The summed E-state index contributed by atoms with van der Waals surface area (Å²) in [7, 11) is 1.90. The van der Waals surface area contributed by atoms with Gasteiger partial charge in [-0.1, -0.05) is 53.7 Å². The zero-order chi connectivity index (χ0) is 19.5. The first-order valence-electron chi connectivity index (χ1n) is 9.24. The van der Waals surface area contributed by atoms with Crippen LogP contribution >= 0.6 is 23.4 Å². The summed E-state index contributed by atoms with van der Waals surface area (Å²) in [6.07, 6.45) is 2.33. The molecular weight excluding hydrogens is 392 g/mol. The number of carbonyl (C=O) groups excluding carboxylic acids is 1. The smallest absolute Gasteiger partial charge is 0.230 e. The zero-order valence-electron chi connectivity index (χ0n) is 15.5. The number of thioether (sulfide) groups is 1. The molecule has 0 bridgehead atoms. The number of hydrogen-bond acceptors (Lipinski definition) is 4. The highest BCUT2D eigenvalue weighted by molar-refractivity contribution is 7.99. The van der Waals surface area contributed by atoms with Crippen LogP contribution in [0.5, 0.6) is 0 Å². The number of hydrogen-bond donors (Lipinski definition) is 1. The van der Waals surface area contributed by atoms with E-state index in [1.54, 1.807) is 0 Å². The second-order valence-corrected chi connectivity index (χ2v) is 8.33. The molecule has 1 saturated carbocycles. The molecule has 28 heavy (non-hydrogen) atoms. The summed E-state index contributed by atoms with van der Waals surface area (Å²) in [6, 6.07) is 17.8. The number of rotatable bonds is 7. The van der Waals surface area contributed by atoms with Crippen LogP contribution in [-0.2, 0) is 11.8 Å². The molecule has 0 spiro atoms. The summed E-state index contributed by atoms with van der Waals surface area (Å²) < 4.78 is 1.90. The first-order valence-corrected chi connectivity index (χ1v) is 10.6. The third kappa shape index (κ3) is 4.39. The molecule has 4 rings (SSSR count). The van der Waals surface area contributed by atoms with Gasteiger partial charge in [-0.05, 0) is 48.6 Å². The average molecular weight is 413 g/mol. The molecule has 3 aromatic rings. The number of amides is 1. The largest absolute Gasteiger partial charge is 0.348 e. The third-order valence-electron chi connectivity index (χ3n) is 4.84. The molecule has 5 nitrogen and oxygen atoms in total. The van der Waals surface area contributed by atoms with Gasteiger partial charge in [0.1, 0.15) is 0 Å². The van der Waals surface area contributed by atoms with E-state index in [1.807, 2.05) is 54.1 Å². The normalized spacial score (nSPS) is 14.6. The van der Waals surface area contributed by atoms with Gasteiger partial charge in [-0.2, -0.15) is 0 Å². The van der Waals surface area contributed by atoms with Crippen molar-refractivity contribution in [2.75, 3.05) is 5.75 Å². The maximum absolute atomic E-state index is 12.6. The lowest BCUT2D eigenvalue weighted by molar-refractivity contribution is -0.119. The zero-order valence-corrected chi connectivity index (χ0v) is 17.1. The average Bonchev–Trinajstić information content (AvgIpc) is 3.49. The van der Waals surface area contributed by atoms with Crippen molar-refractivity contribution in [1.29, 1.82) is 0 Å². The molecule has 2 aromatic carbocycles. The van der Waals surface area contributed by atoms with Gasteiger partial charge in [-0.3, -0.25) is 4.79 Å². The van der Waals surface area contributed by atoms with E-state index < -0.39 is 0 Å². The predicted molar refractivity (Wildman–Crippen MR) is 112 cm³/mol. The van der Waals surface area contributed by atoms with Crippen LogP contribution in [0, 0.1) is 5.92 Å². The van der Waals surface area contributed by atoms with Gasteiger partial charge in [0.15, 0.2) is 11.0 Å². The summed E-state index contributed by atoms with van der Waals surface area (Å²) in [5.41, 5.74) is 2.11. The molecule has 1 atom stereocenters. The van der Waals surface area contributed by atoms with E-state index in [-0.39, 0.29) is 11.9 Å². The van der Waals surface area contributed by atoms with Crippen LogP contribution < -0.4 is 5.32 Å². The molecule has 1 N–H and O–H groups in total. The molecule has 0 radical (unpaired) electrons. The maximum atomic E-state index is 12.6. The molecule has 1 aliphatic carbocycles. The van der Waals surface area contributed by atoms with E-state index >= 15 is 0 Å². The van der Waals surface area contributed by atoms with Gasteiger partial charge in [0, 0.05) is 17.6 Å². The number of carbonyl (C=O) groups is 1. The summed E-state index contributed by atoms with van der Waals surface area (Å²) in [5.74, 6) is 1.62. The second kappa shape index (κ2) is 8.37. The van der Waals surface area contributed by atoms with Crippen LogP contribution in [0.1, 0.15) is 24.4 Å². The van der Waals surface area contributed by atoms with Gasteiger partial charge >= 0.3 is 0 Å². The fourth-order valence-electron chi connectivity index (χ4n) is 3.20. The first-order chi connectivity index (χ1) is 13.6. The predicted octanol–water partition coefficient (Wildman–Crippen LogP) is 4.50. The molecule has 1 fully saturated rings. The fourth-order valence-corrected chi connectivity index (χ4v) is 4.05. The Balaban J connectivity index is 1.39. The first kappa shape index (κ1) is 19.0. The molecule has 0 aliphatic heterocycles. The van der Waals surface area contributed by atoms with Crippen LogP contribution in [0.3, 0.4) is 0 Å². The summed E-state index contributed by atoms with van der Waals surface area (Å²) in [6.45, 7) is 0. The minimum atomic E-state index is 0.0156. The van der Waals surface area contributed by atoms with E-state index in [0.29, 0.717) is 21.8 Å². The molecular formula is C21H21ClN4OS. The Labute approximate surface area is 173 Å².